The first kappa shape index (κ1) is 18.3. The first-order valence-corrected chi connectivity index (χ1v) is 9.50. The largest absolute Gasteiger partial charge is 0.508 e. The fourth-order valence-corrected chi connectivity index (χ4v) is 3.31. The molecule has 0 bridgehead atoms. The predicted octanol–water partition coefficient (Wildman–Crippen LogP) is 4.72. The van der Waals surface area contributed by atoms with Crippen molar-refractivity contribution in [1.82, 2.24) is 24.9 Å². The molecule has 28 heavy (non-hydrogen) atoms. The Morgan fingerprint density at radius 3 is 2.29 bits per heavy atom. The number of hydrogen-bond donors (Lipinski definition) is 4. The van der Waals surface area contributed by atoms with Gasteiger partial charge in [-0.1, -0.05) is 34.6 Å². The van der Waals surface area contributed by atoms with Gasteiger partial charge >= 0.3 is 0 Å². The first-order chi connectivity index (χ1) is 13.2. The summed E-state index contributed by atoms with van der Waals surface area (Å²) < 4.78 is 0. The minimum absolute atomic E-state index is 0.0597. The van der Waals surface area contributed by atoms with Crippen LogP contribution in [0.2, 0.25) is 0 Å². The van der Waals surface area contributed by atoms with Crippen LogP contribution >= 0.6 is 0 Å². The lowest BCUT2D eigenvalue weighted by Gasteiger charge is -2.21. The average molecular weight is 379 g/mol. The summed E-state index contributed by atoms with van der Waals surface area (Å²) in [6.07, 6.45) is 0.993. The van der Waals surface area contributed by atoms with Crippen LogP contribution in [0.3, 0.4) is 0 Å². The summed E-state index contributed by atoms with van der Waals surface area (Å²) in [6.45, 7) is 10.2. The molecule has 1 aromatic carbocycles. The number of aromatic nitrogens is 5. The van der Waals surface area contributed by atoms with E-state index >= 15 is 0 Å². The molecule has 0 radical (unpaired) electrons. The monoisotopic (exact) mass is 379 g/mol. The van der Waals surface area contributed by atoms with E-state index in [9.17, 15) is 10.2 Å². The summed E-state index contributed by atoms with van der Waals surface area (Å²) in [5.41, 5.74) is 3.54. The summed E-state index contributed by atoms with van der Waals surface area (Å²) >= 11 is 0. The maximum Gasteiger partial charge on any atom is 0.160 e. The Kier molecular flexibility index (Phi) is 4.06. The van der Waals surface area contributed by atoms with Gasteiger partial charge in [-0.3, -0.25) is 0 Å². The molecule has 4 N–H and O–H groups in total. The Bertz CT molecular complexity index is 1130. The molecular formula is C21H25N5O2. The van der Waals surface area contributed by atoms with Gasteiger partial charge in [0.2, 0.25) is 0 Å². The number of imidazole rings is 2. The van der Waals surface area contributed by atoms with Gasteiger partial charge in [0.1, 0.15) is 34.2 Å². The molecule has 7 heteroatoms. The van der Waals surface area contributed by atoms with Crippen molar-refractivity contribution in [2.75, 3.05) is 0 Å². The van der Waals surface area contributed by atoms with Crippen molar-refractivity contribution in [3.05, 3.63) is 29.6 Å². The first-order valence-electron chi connectivity index (χ1n) is 9.50. The Labute approximate surface area is 162 Å². The van der Waals surface area contributed by atoms with E-state index in [0.29, 0.717) is 39.7 Å². The van der Waals surface area contributed by atoms with Crippen molar-refractivity contribution < 1.29 is 10.2 Å². The van der Waals surface area contributed by atoms with Gasteiger partial charge in [0, 0.05) is 11.5 Å². The number of benzene rings is 1. The van der Waals surface area contributed by atoms with Crippen molar-refractivity contribution in [3.63, 3.8) is 0 Å². The fourth-order valence-electron chi connectivity index (χ4n) is 3.31. The molecule has 0 fully saturated rings. The Morgan fingerprint density at radius 1 is 0.929 bits per heavy atom. The number of rotatable bonds is 3. The standard InChI is InChI=1S/C21H25N5O2/c1-6-10(2)17-22-13-9-14-20(26-19(13)24-17)25-18(23-14)11-7-16(28)12(8-15(11)27)21(3,4)5/h7-10,27-28H,6H2,1-5H3,(H2,22,23,24,25,26). The number of phenolic OH excluding ortho intramolecular Hbond substituents is 2. The average Bonchev–Trinajstić information content (AvgIpc) is 3.22. The maximum atomic E-state index is 10.5. The van der Waals surface area contributed by atoms with E-state index in [1.165, 1.54) is 0 Å². The molecule has 1 unspecified atom stereocenters. The number of phenols is 2. The van der Waals surface area contributed by atoms with E-state index in [-0.39, 0.29) is 16.9 Å². The smallest absolute Gasteiger partial charge is 0.160 e. The van der Waals surface area contributed by atoms with Gasteiger partial charge in [0.25, 0.3) is 0 Å². The Hall–Kier alpha value is -3.09. The number of fused-ring (bicyclic) bond motifs is 2. The van der Waals surface area contributed by atoms with Crippen LogP contribution in [0.4, 0.5) is 0 Å². The molecule has 0 aliphatic heterocycles. The molecule has 3 heterocycles. The van der Waals surface area contributed by atoms with Crippen molar-refractivity contribution in [2.45, 2.75) is 52.4 Å². The van der Waals surface area contributed by atoms with Gasteiger partial charge in [-0.15, -0.1) is 0 Å². The van der Waals surface area contributed by atoms with Crippen molar-refractivity contribution in [3.8, 4) is 22.9 Å². The zero-order chi connectivity index (χ0) is 20.2. The minimum atomic E-state index is -0.284. The molecule has 0 aliphatic rings. The van der Waals surface area contributed by atoms with Crippen LogP contribution in [0, 0.1) is 0 Å². The predicted molar refractivity (Wildman–Crippen MR) is 110 cm³/mol. The lowest BCUT2D eigenvalue weighted by molar-refractivity contribution is 0.436. The van der Waals surface area contributed by atoms with Gasteiger partial charge in [0.15, 0.2) is 11.3 Å². The van der Waals surface area contributed by atoms with Gasteiger partial charge < -0.3 is 20.2 Å². The van der Waals surface area contributed by atoms with Crippen LogP contribution in [0.1, 0.15) is 58.3 Å². The van der Waals surface area contributed by atoms with Crippen molar-refractivity contribution >= 4 is 22.3 Å². The lowest BCUT2D eigenvalue weighted by Crippen LogP contribution is -2.11. The minimum Gasteiger partial charge on any atom is -0.508 e. The van der Waals surface area contributed by atoms with E-state index in [1.807, 2.05) is 26.8 Å². The molecule has 0 saturated carbocycles. The van der Waals surface area contributed by atoms with Gasteiger partial charge in [0.05, 0.1) is 5.56 Å². The third-order valence-corrected chi connectivity index (χ3v) is 5.20. The lowest BCUT2D eigenvalue weighted by atomic mass is 9.85. The number of pyridine rings is 1. The molecule has 0 aliphatic carbocycles. The highest BCUT2D eigenvalue weighted by Gasteiger charge is 2.22. The van der Waals surface area contributed by atoms with Gasteiger partial charge in [-0.25, -0.2) is 15.0 Å². The van der Waals surface area contributed by atoms with Crippen LogP contribution in [-0.4, -0.2) is 35.1 Å². The fraction of sp³-hybridized carbons (Fsp3) is 0.381. The van der Waals surface area contributed by atoms with Crippen LogP contribution in [0.15, 0.2) is 18.2 Å². The second-order valence-corrected chi connectivity index (χ2v) is 8.38. The number of nitrogens with zero attached hydrogens (tertiary/aromatic N) is 3. The summed E-state index contributed by atoms with van der Waals surface area (Å²) in [7, 11) is 0. The molecule has 0 saturated heterocycles. The molecule has 4 rings (SSSR count). The zero-order valence-corrected chi connectivity index (χ0v) is 16.8. The Balaban J connectivity index is 1.81. The highest BCUT2D eigenvalue weighted by Crippen LogP contribution is 2.39. The van der Waals surface area contributed by atoms with E-state index < -0.39 is 0 Å². The number of nitrogens with one attached hydrogen (secondary N) is 2. The molecule has 0 spiro atoms. The number of aromatic amines is 2. The third-order valence-electron chi connectivity index (χ3n) is 5.20. The summed E-state index contributed by atoms with van der Waals surface area (Å²) in [4.78, 5) is 20.2. The zero-order valence-electron chi connectivity index (χ0n) is 16.8. The second kappa shape index (κ2) is 6.22. The summed E-state index contributed by atoms with van der Waals surface area (Å²) in [5.74, 6) is 1.88. The number of aromatic hydroxyl groups is 2. The van der Waals surface area contributed by atoms with Crippen LogP contribution in [0.25, 0.3) is 33.7 Å². The summed E-state index contributed by atoms with van der Waals surface area (Å²) in [5, 5.41) is 21.0. The van der Waals surface area contributed by atoms with Gasteiger partial charge in [-0.05, 0) is 30.0 Å². The van der Waals surface area contributed by atoms with E-state index in [4.69, 9.17) is 0 Å². The SMILES string of the molecule is CCC(C)c1nc2cc3nc(-c4cc(O)c(C(C)(C)C)cc4O)[nH]c3nc2[nH]1. The van der Waals surface area contributed by atoms with Crippen LogP contribution < -0.4 is 0 Å². The second-order valence-electron chi connectivity index (χ2n) is 8.38. The molecule has 4 aromatic rings. The molecule has 7 nitrogen and oxygen atoms in total. The molecular weight excluding hydrogens is 354 g/mol. The van der Waals surface area contributed by atoms with Crippen LogP contribution in [-0.2, 0) is 5.41 Å². The Morgan fingerprint density at radius 2 is 1.61 bits per heavy atom. The quantitative estimate of drug-likeness (QED) is 0.385. The molecule has 3 aromatic heterocycles. The van der Waals surface area contributed by atoms with Crippen molar-refractivity contribution in [1.29, 1.82) is 0 Å². The van der Waals surface area contributed by atoms with Crippen molar-refractivity contribution in [2.24, 2.45) is 0 Å². The van der Waals surface area contributed by atoms with E-state index in [2.05, 4.69) is 38.8 Å². The topological polar surface area (TPSA) is 111 Å². The molecule has 1 atom stereocenters. The van der Waals surface area contributed by atoms with E-state index in [1.54, 1.807) is 12.1 Å². The highest BCUT2D eigenvalue weighted by atomic mass is 16.3. The normalized spacial score (nSPS) is 13.5. The number of H-pyrrole nitrogens is 2. The molecule has 0 amide bonds. The number of hydrogen-bond acceptors (Lipinski definition) is 5. The summed E-state index contributed by atoms with van der Waals surface area (Å²) in [6, 6.07) is 5.01. The van der Waals surface area contributed by atoms with Gasteiger partial charge in [-0.2, -0.15) is 0 Å². The van der Waals surface area contributed by atoms with Crippen LogP contribution in [0.5, 0.6) is 11.5 Å². The molecule has 146 valence electrons. The maximum absolute atomic E-state index is 10.5. The third kappa shape index (κ3) is 2.96. The highest BCUT2D eigenvalue weighted by molar-refractivity contribution is 5.87. The van der Waals surface area contributed by atoms with E-state index in [0.717, 1.165) is 17.8 Å².